The molecule has 0 saturated heterocycles. The van der Waals surface area contributed by atoms with Crippen LogP contribution in [0.3, 0.4) is 0 Å². The number of nitrogens with one attached hydrogen (secondary N) is 1. The van der Waals surface area contributed by atoms with Crippen LogP contribution in [0.2, 0.25) is 0 Å². The van der Waals surface area contributed by atoms with Crippen LogP contribution in [-0.4, -0.2) is 32.4 Å². The van der Waals surface area contributed by atoms with E-state index in [0.717, 1.165) is 6.20 Å². The van der Waals surface area contributed by atoms with Crippen LogP contribution in [0, 0.1) is 0 Å². The number of nitrogens with zero attached hydrogens (tertiary/aromatic N) is 1. The molecule has 0 fully saturated rings. The maximum absolute atomic E-state index is 12.4. The monoisotopic (exact) mass is 258 g/mol. The Kier molecular flexibility index (Phi) is 4.17. The Morgan fingerprint density at radius 1 is 1.44 bits per heavy atom. The van der Waals surface area contributed by atoms with Gasteiger partial charge in [0.25, 0.3) is 0 Å². The van der Waals surface area contributed by atoms with Crippen molar-refractivity contribution in [3.05, 3.63) is 17.5 Å². The molecule has 0 amide bonds. The summed E-state index contributed by atoms with van der Waals surface area (Å²) in [5.74, 6) is 0.0391. The second-order valence-electron chi connectivity index (χ2n) is 3.19. The lowest BCUT2D eigenvalue weighted by Gasteiger charge is -2.17. The average molecular weight is 259 g/mol. The topological polar surface area (TPSA) is 69.1 Å². The zero-order chi connectivity index (χ0) is 12.3. The fourth-order valence-electron chi connectivity index (χ4n) is 1.22. The van der Waals surface area contributed by atoms with Gasteiger partial charge in [-0.15, -0.1) is 11.6 Å². The molecule has 8 heteroatoms. The van der Waals surface area contributed by atoms with Crippen molar-refractivity contribution in [3.63, 3.8) is 0 Å². The van der Waals surface area contributed by atoms with Gasteiger partial charge in [0.2, 0.25) is 0 Å². The summed E-state index contributed by atoms with van der Waals surface area (Å²) in [5.41, 5.74) is -1.64. The summed E-state index contributed by atoms with van der Waals surface area (Å²) in [6.07, 6.45) is -6.82. The number of aromatic amines is 1. The van der Waals surface area contributed by atoms with Gasteiger partial charge in [0, 0.05) is 11.4 Å². The molecule has 0 spiro atoms. The van der Waals surface area contributed by atoms with Gasteiger partial charge in [-0.1, -0.05) is 0 Å². The van der Waals surface area contributed by atoms with Gasteiger partial charge in [-0.05, 0) is 6.42 Å². The van der Waals surface area contributed by atoms with Crippen molar-refractivity contribution < 1.29 is 23.4 Å². The Bertz CT molecular complexity index is 342. The molecule has 92 valence electrons. The Morgan fingerprint density at radius 2 is 2.06 bits per heavy atom. The Hall–Kier alpha value is -0.790. The molecule has 0 saturated carbocycles. The van der Waals surface area contributed by atoms with Gasteiger partial charge in [0.05, 0.1) is 12.3 Å². The number of H-pyrrole nitrogens is 1. The molecule has 16 heavy (non-hydrogen) atoms. The van der Waals surface area contributed by atoms with E-state index in [-0.39, 0.29) is 12.3 Å². The Labute approximate surface area is 94.0 Å². The van der Waals surface area contributed by atoms with Gasteiger partial charge in [-0.2, -0.15) is 18.3 Å². The summed E-state index contributed by atoms with van der Waals surface area (Å²) < 4.78 is 37.2. The van der Waals surface area contributed by atoms with Crippen LogP contribution in [-0.2, 0) is 6.18 Å². The fraction of sp³-hybridized carbons (Fsp3) is 0.625. The summed E-state index contributed by atoms with van der Waals surface area (Å²) in [5, 5.41) is 23.8. The first-order chi connectivity index (χ1) is 7.38. The predicted octanol–water partition coefficient (Wildman–Crippen LogP) is 1.45. The van der Waals surface area contributed by atoms with Gasteiger partial charge >= 0.3 is 6.18 Å². The minimum Gasteiger partial charge on any atom is -0.390 e. The number of aliphatic hydroxyl groups is 2. The van der Waals surface area contributed by atoms with Gasteiger partial charge in [0.15, 0.2) is 0 Å². The smallest absolute Gasteiger partial charge is 0.390 e. The summed E-state index contributed by atoms with van der Waals surface area (Å²) in [7, 11) is 0. The lowest BCUT2D eigenvalue weighted by atomic mass is 10.0. The van der Waals surface area contributed by atoms with E-state index < -0.39 is 29.6 Å². The zero-order valence-electron chi connectivity index (χ0n) is 8.00. The largest absolute Gasteiger partial charge is 0.433 e. The second kappa shape index (κ2) is 5.03. The van der Waals surface area contributed by atoms with Crippen LogP contribution < -0.4 is 0 Å². The van der Waals surface area contributed by atoms with Crippen LogP contribution >= 0.6 is 11.6 Å². The molecule has 4 nitrogen and oxygen atoms in total. The third-order valence-corrected chi connectivity index (χ3v) is 2.26. The van der Waals surface area contributed by atoms with Crippen molar-refractivity contribution in [2.75, 3.05) is 5.88 Å². The van der Waals surface area contributed by atoms with Crippen LogP contribution in [0.1, 0.15) is 23.8 Å². The first-order valence-corrected chi connectivity index (χ1v) is 4.94. The van der Waals surface area contributed by atoms with E-state index in [1.54, 1.807) is 5.10 Å². The maximum atomic E-state index is 12.4. The predicted molar refractivity (Wildman–Crippen MR) is 49.9 cm³/mol. The highest BCUT2D eigenvalue weighted by Crippen LogP contribution is 2.34. The third-order valence-electron chi connectivity index (χ3n) is 2.04. The van der Waals surface area contributed by atoms with E-state index in [1.165, 1.54) is 0 Å². The highest BCUT2D eigenvalue weighted by molar-refractivity contribution is 6.17. The number of halogens is 4. The SMILES string of the molecule is OC(CCCl)C(O)c1cn[nH]c1C(F)(F)F. The van der Waals surface area contributed by atoms with E-state index in [4.69, 9.17) is 11.6 Å². The number of alkyl halides is 4. The van der Waals surface area contributed by atoms with Gasteiger partial charge < -0.3 is 10.2 Å². The first-order valence-electron chi connectivity index (χ1n) is 4.40. The van der Waals surface area contributed by atoms with E-state index >= 15 is 0 Å². The van der Waals surface area contributed by atoms with Crippen molar-refractivity contribution >= 4 is 11.6 Å². The molecular weight excluding hydrogens is 249 g/mol. The van der Waals surface area contributed by atoms with Crippen molar-refractivity contribution in [2.45, 2.75) is 24.8 Å². The second-order valence-corrected chi connectivity index (χ2v) is 3.57. The van der Waals surface area contributed by atoms with Crippen LogP contribution in [0.5, 0.6) is 0 Å². The molecule has 2 atom stereocenters. The van der Waals surface area contributed by atoms with Gasteiger partial charge in [0.1, 0.15) is 11.8 Å². The van der Waals surface area contributed by atoms with Gasteiger partial charge in [-0.3, -0.25) is 5.10 Å². The molecule has 0 bridgehead atoms. The standard InChI is InChI=1S/C8H10ClF3N2O2/c9-2-1-5(15)6(16)4-3-13-14-7(4)8(10,11)12/h3,5-6,15-16H,1-2H2,(H,13,14). The molecule has 3 N–H and O–H groups in total. The number of aromatic nitrogens is 2. The average Bonchev–Trinajstić information content (AvgIpc) is 2.64. The number of hydrogen-bond donors (Lipinski definition) is 3. The fourth-order valence-corrected chi connectivity index (χ4v) is 1.45. The van der Waals surface area contributed by atoms with Gasteiger partial charge in [-0.25, -0.2) is 0 Å². The van der Waals surface area contributed by atoms with Crippen molar-refractivity contribution in [3.8, 4) is 0 Å². The highest BCUT2D eigenvalue weighted by atomic mass is 35.5. The van der Waals surface area contributed by atoms with Crippen molar-refractivity contribution in [2.24, 2.45) is 0 Å². The molecule has 2 unspecified atom stereocenters. The van der Waals surface area contributed by atoms with Crippen LogP contribution in [0.4, 0.5) is 13.2 Å². The minimum atomic E-state index is -4.65. The van der Waals surface area contributed by atoms with Crippen molar-refractivity contribution in [1.82, 2.24) is 10.2 Å². The van der Waals surface area contributed by atoms with Crippen LogP contribution in [0.15, 0.2) is 6.20 Å². The van der Waals surface area contributed by atoms with Crippen LogP contribution in [0.25, 0.3) is 0 Å². The minimum absolute atomic E-state index is 0.00873. The molecule has 1 heterocycles. The lowest BCUT2D eigenvalue weighted by Crippen LogP contribution is -2.21. The quantitative estimate of drug-likeness (QED) is 0.716. The number of rotatable bonds is 4. The normalized spacial score (nSPS) is 16.1. The summed E-state index contributed by atoms with van der Waals surface area (Å²) >= 11 is 5.31. The van der Waals surface area contributed by atoms with E-state index in [1.807, 2.05) is 0 Å². The highest BCUT2D eigenvalue weighted by Gasteiger charge is 2.38. The van der Waals surface area contributed by atoms with E-state index in [0.29, 0.717) is 0 Å². The molecule has 0 aromatic carbocycles. The summed E-state index contributed by atoms with van der Waals surface area (Å²) in [6, 6.07) is 0. The van der Waals surface area contributed by atoms with E-state index in [9.17, 15) is 23.4 Å². The van der Waals surface area contributed by atoms with E-state index in [2.05, 4.69) is 5.10 Å². The molecule has 1 aromatic heterocycles. The summed E-state index contributed by atoms with van der Waals surface area (Å²) in [6.45, 7) is 0. The molecule has 0 radical (unpaired) electrons. The molecular formula is C8H10ClF3N2O2. The first kappa shape index (κ1) is 13.3. The molecule has 1 aromatic rings. The zero-order valence-corrected chi connectivity index (χ0v) is 8.76. The molecule has 0 aliphatic heterocycles. The Morgan fingerprint density at radius 3 is 2.56 bits per heavy atom. The number of hydrogen-bond acceptors (Lipinski definition) is 3. The number of aliphatic hydroxyl groups excluding tert-OH is 2. The third kappa shape index (κ3) is 2.87. The molecule has 0 aliphatic carbocycles. The maximum Gasteiger partial charge on any atom is 0.433 e. The lowest BCUT2D eigenvalue weighted by molar-refractivity contribution is -0.143. The van der Waals surface area contributed by atoms with Crippen molar-refractivity contribution in [1.29, 1.82) is 0 Å². The molecule has 0 aliphatic rings. The molecule has 1 rings (SSSR count). The Balaban J connectivity index is 2.92. The summed E-state index contributed by atoms with van der Waals surface area (Å²) in [4.78, 5) is 0.